The molecule has 1 N–H and O–H groups in total. The molecule has 0 unspecified atom stereocenters. The monoisotopic (exact) mass is 238 g/mol. The van der Waals surface area contributed by atoms with Crippen LogP contribution >= 0.6 is 0 Å². The largest absolute Gasteiger partial charge is 0.342 e. The van der Waals surface area contributed by atoms with Gasteiger partial charge in [-0.15, -0.1) is 0 Å². The van der Waals surface area contributed by atoms with Crippen molar-refractivity contribution in [2.24, 2.45) is 5.41 Å². The maximum absolute atomic E-state index is 12.0. The highest BCUT2D eigenvalue weighted by Crippen LogP contribution is 2.29. The molecule has 3 heteroatoms. The number of rotatable bonds is 3. The van der Waals surface area contributed by atoms with Gasteiger partial charge in [-0.3, -0.25) is 4.79 Å². The molecule has 3 nitrogen and oxygen atoms in total. The number of hydrogen-bond acceptors (Lipinski definition) is 2. The summed E-state index contributed by atoms with van der Waals surface area (Å²) in [7, 11) is 0. The Morgan fingerprint density at radius 2 is 1.82 bits per heavy atom. The zero-order valence-corrected chi connectivity index (χ0v) is 11.3. The molecule has 1 heterocycles. The standard InChI is InChI=1S/C14H26N2O/c1-14(2)7-9-16(10-8-14)13(17)11-15-12-5-3-4-6-12/h12,15H,3-11H2,1-2H3. The molecule has 0 spiro atoms. The Morgan fingerprint density at radius 1 is 1.24 bits per heavy atom. The van der Waals surface area contributed by atoms with Gasteiger partial charge in [-0.05, 0) is 31.1 Å². The number of carbonyl (C=O) groups excluding carboxylic acids is 1. The Hall–Kier alpha value is -0.570. The summed E-state index contributed by atoms with van der Waals surface area (Å²) in [6, 6.07) is 0.597. The summed E-state index contributed by atoms with van der Waals surface area (Å²) in [6.45, 7) is 7.03. The molecule has 2 rings (SSSR count). The lowest BCUT2D eigenvalue weighted by molar-refractivity contribution is -0.132. The smallest absolute Gasteiger partial charge is 0.236 e. The molecule has 0 atom stereocenters. The van der Waals surface area contributed by atoms with Crippen LogP contribution < -0.4 is 5.32 Å². The molecule has 0 radical (unpaired) electrons. The predicted octanol–water partition coefficient (Wildman–Crippen LogP) is 2.17. The lowest BCUT2D eigenvalue weighted by Crippen LogP contribution is -2.46. The molecule has 0 aromatic heterocycles. The molecule has 1 saturated heterocycles. The van der Waals surface area contributed by atoms with Crippen molar-refractivity contribution in [1.29, 1.82) is 0 Å². The summed E-state index contributed by atoms with van der Waals surface area (Å²) in [5, 5.41) is 3.41. The zero-order valence-electron chi connectivity index (χ0n) is 11.3. The number of nitrogens with zero attached hydrogens (tertiary/aromatic N) is 1. The number of piperidine rings is 1. The van der Waals surface area contributed by atoms with Gasteiger partial charge in [0.15, 0.2) is 0 Å². The van der Waals surface area contributed by atoms with E-state index in [2.05, 4.69) is 19.2 Å². The molecule has 1 saturated carbocycles. The molecule has 0 bridgehead atoms. The van der Waals surface area contributed by atoms with Crippen LogP contribution in [0.3, 0.4) is 0 Å². The molecule has 98 valence electrons. The van der Waals surface area contributed by atoms with Gasteiger partial charge in [0.1, 0.15) is 0 Å². The van der Waals surface area contributed by atoms with E-state index in [1.165, 1.54) is 25.7 Å². The van der Waals surface area contributed by atoms with Crippen LogP contribution in [0.1, 0.15) is 52.4 Å². The second kappa shape index (κ2) is 5.38. The third-order valence-electron chi connectivity index (χ3n) is 4.37. The first-order chi connectivity index (χ1) is 8.07. The van der Waals surface area contributed by atoms with Crippen LogP contribution in [0.4, 0.5) is 0 Å². The van der Waals surface area contributed by atoms with Gasteiger partial charge in [0, 0.05) is 19.1 Å². The topological polar surface area (TPSA) is 32.3 Å². The Morgan fingerprint density at radius 3 is 2.41 bits per heavy atom. The third-order valence-corrected chi connectivity index (χ3v) is 4.37. The molecule has 1 amide bonds. The van der Waals surface area contributed by atoms with Gasteiger partial charge < -0.3 is 10.2 Å². The van der Waals surface area contributed by atoms with Gasteiger partial charge in [-0.25, -0.2) is 0 Å². The maximum Gasteiger partial charge on any atom is 0.236 e. The second-order valence-corrected chi connectivity index (χ2v) is 6.41. The first-order valence-corrected chi connectivity index (χ1v) is 7.08. The van der Waals surface area contributed by atoms with Crippen molar-refractivity contribution in [3.63, 3.8) is 0 Å². The fourth-order valence-electron chi connectivity index (χ4n) is 2.83. The first-order valence-electron chi connectivity index (χ1n) is 7.08. The van der Waals surface area contributed by atoms with Crippen molar-refractivity contribution in [1.82, 2.24) is 10.2 Å². The summed E-state index contributed by atoms with van der Waals surface area (Å²) in [4.78, 5) is 14.1. The minimum atomic E-state index is 0.299. The van der Waals surface area contributed by atoms with E-state index in [9.17, 15) is 4.79 Å². The van der Waals surface area contributed by atoms with Crippen molar-refractivity contribution in [2.75, 3.05) is 19.6 Å². The van der Waals surface area contributed by atoms with Crippen LogP contribution in [-0.2, 0) is 4.79 Å². The normalized spacial score (nSPS) is 25.2. The Balaban J connectivity index is 1.69. The van der Waals surface area contributed by atoms with Crippen LogP contribution in [0.25, 0.3) is 0 Å². The molecule has 17 heavy (non-hydrogen) atoms. The van der Waals surface area contributed by atoms with Crippen LogP contribution in [0, 0.1) is 5.41 Å². The van der Waals surface area contributed by atoms with Crippen LogP contribution in [-0.4, -0.2) is 36.5 Å². The van der Waals surface area contributed by atoms with E-state index >= 15 is 0 Å². The Bertz CT molecular complexity index is 259. The van der Waals surface area contributed by atoms with Crippen molar-refractivity contribution in [3.05, 3.63) is 0 Å². The molecular weight excluding hydrogens is 212 g/mol. The van der Waals surface area contributed by atoms with Crippen LogP contribution in [0.5, 0.6) is 0 Å². The lowest BCUT2D eigenvalue weighted by Gasteiger charge is -2.37. The van der Waals surface area contributed by atoms with E-state index in [0.717, 1.165) is 25.9 Å². The second-order valence-electron chi connectivity index (χ2n) is 6.41. The number of amides is 1. The number of carbonyl (C=O) groups is 1. The van der Waals surface area contributed by atoms with Gasteiger partial charge in [0.25, 0.3) is 0 Å². The van der Waals surface area contributed by atoms with E-state index in [1.807, 2.05) is 4.90 Å². The van der Waals surface area contributed by atoms with Gasteiger partial charge >= 0.3 is 0 Å². The summed E-state index contributed by atoms with van der Waals surface area (Å²) in [6.07, 6.45) is 7.43. The van der Waals surface area contributed by atoms with E-state index in [-0.39, 0.29) is 0 Å². The quantitative estimate of drug-likeness (QED) is 0.817. The van der Waals surface area contributed by atoms with Crippen molar-refractivity contribution in [3.8, 4) is 0 Å². The van der Waals surface area contributed by atoms with Gasteiger partial charge in [-0.2, -0.15) is 0 Å². The average Bonchev–Trinajstić information content (AvgIpc) is 2.78. The SMILES string of the molecule is CC1(C)CCN(C(=O)CNC2CCCC2)CC1. The summed E-state index contributed by atoms with van der Waals surface area (Å²) in [5.41, 5.74) is 0.426. The van der Waals surface area contributed by atoms with E-state index in [1.54, 1.807) is 0 Å². The predicted molar refractivity (Wildman–Crippen MR) is 69.9 cm³/mol. The van der Waals surface area contributed by atoms with E-state index in [4.69, 9.17) is 0 Å². The first kappa shape index (κ1) is 12.9. The van der Waals surface area contributed by atoms with Crippen LogP contribution in [0.2, 0.25) is 0 Å². The minimum absolute atomic E-state index is 0.299. The Labute approximate surface area is 105 Å². The fourth-order valence-corrected chi connectivity index (χ4v) is 2.83. The fraction of sp³-hybridized carbons (Fsp3) is 0.929. The maximum atomic E-state index is 12.0. The molecular formula is C14H26N2O. The highest BCUT2D eigenvalue weighted by molar-refractivity contribution is 5.78. The van der Waals surface area contributed by atoms with Gasteiger partial charge in [0.05, 0.1) is 6.54 Å². The Kier molecular flexibility index (Phi) is 4.08. The van der Waals surface area contributed by atoms with Crippen molar-refractivity contribution in [2.45, 2.75) is 58.4 Å². The molecule has 2 fully saturated rings. The number of hydrogen-bond donors (Lipinski definition) is 1. The summed E-state index contributed by atoms with van der Waals surface area (Å²) < 4.78 is 0. The zero-order chi connectivity index (χ0) is 12.3. The average molecular weight is 238 g/mol. The van der Waals surface area contributed by atoms with Gasteiger partial charge in [-0.1, -0.05) is 26.7 Å². The summed E-state index contributed by atoms with van der Waals surface area (Å²) >= 11 is 0. The van der Waals surface area contributed by atoms with Gasteiger partial charge in [0.2, 0.25) is 5.91 Å². The molecule has 0 aromatic rings. The highest BCUT2D eigenvalue weighted by Gasteiger charge is 2.27. The van der Waals surface area contributed by atoms with Crippen molar-refractivity contribution >= 4 is 5.91 Å². The molecule has 1 aliphatic heterocycles. The van der Waals surface area contributed by atoms with Crippen molar-refractivity contribution < 1.29 is 4.79 Å². The van der Waals surface area contributed by atoms with Crippen LogP contribution in [0.15, 0.2) is 0 Å². The number of likely N-dealkylation sites (tertiary alicyclic amines) is 1. The molecule has 0 aromatic carbocycles. The third kappa shape index (κ3) is 3.70. The van der Waals surface area contributed by atoms with E-state index < -0.39 is 0 Å². The summed E-state index contributed by atoms with van der Waals surface area (Å²) in [5.74, 6) is 0.299. The number of nitrogens with one attached hydrogen (secondary N) is 1. The molecule has 1 aliphatic carbocycles. The highest BCUT2D eigenvalue weighted by atomic mass is 16.2. The molecule has 2 aliphatic rings. The van der Waals surface area contributed by atoms with E-state index in [0.29, 0.717) is 23.9 Å². The minimum Gasteiger partial charge on any atom is -0.342 e. The lowest BCUT2D eigenvalue weighted by atomic mass is 9.83.